The van der Waals surface area contributed by atoms with Crippen LogP contribution in [-0.4, -0.2) is 22.9 Å². The molecular weight excluding hydrogens is 431 g/mol. The second-order valence-corrected chi connectivity index (χ2v) is 8.02. The minimum Gasteiger partial charge on any atom is -0.481 e. The van der Waals surface area contributed by atoms with Crippen LogP contribution in [0.1, 0.15) is 23.7 Å². The molecule has 0 radical (unpaired) electrons. The summed E-state index contributed by atoms with van der Waals surface area (Å²) in [5.74, 6) is -2.30. The zero-order valence-electron chi connectivity index (χ0n) is 17.0. The SMILES string of the molecule is O=C(O)CCC(=O)Nc1ccc(SC(C(=O)Nc2ccccc2F)c2ccccc2)cc1. The minimum atomic E-state index is -1.03. The van der Waals surface area contributed by atoms with Gasteiger partial charge in [-0.05, 0) is 42.0 Å². The fourth-order valence-corrected chi connectivity index (χ4v) is 3.88. The molecule has 8 heteroatoms. The van der Waals surface area contributed by atoms with Crippen molar-refractivity contribution in [1.82, 2.24) is 0 Å². The van der Waals surface area contributed by atoms with Gasteiger partial charge in [-0.15, -0.1) is 11.8 Å². The first-order valence-corrected chi connectivity index (χ1v) is 10.7. The van der Waals surface area contributed by atoms with E-state index in [-0.39, 0.29) is 30.3 Å². The standard InChI is InChI=1S/C24H21FN2O4S/c25-19-8-4-5-9-20(19)27-24(31)23(16-6-2-1-3-7-16)32-18-12-10-17(11-13-18)26-21(28)14-15-22(29)30/h1-13,23H,14-15H2,(H,26,28)(H,27,31)(H,29,30). The largest absolute Gasteiger partial charge is 0.481 e. The van der Waals surface area contributed by atoms with Crippen molar-refractivity contribution in [2.45, 2.75) is 23.0 Å². The molecule has 32 heavy (non-hydrogen) atoms. The lowest BCUT2D eigenvalue weighted by Gasteiger charge is -2.17. The number of benzene rings is 3. The summed E-state index contributed by atoms with van der Waals surface area (Å²) in [5, 5.41) is 13.3. The molecular formula is C24H21FN2O4S. The zero-order chi connectivity index (χ0) is 22.9. The summed E-state index contributed by atoms with van der Waals surface area (Å²) in [7, 11) is 0. The van der Waals surface area contributed by atoms with Crippen molar-refractivity contribution in [2.24, 2.45) is 0 Å². The van der Waals surface area contributed by atoms with Gasteiger partial charge in [0.1, 0.15) is 11.1 Å². The topological polar surface area (TPSA) is 95.5 Å². The highest BCUT2D eigenvalue weighted by atomic mass is 32.2. The van der Waals surface area contributed by atoms with Gasteiger partial charge in [0.15, 0.2) is 0 Å². The maximum atomic E-state index is 14.0. The van der Waals surface area contributed by atoms with Gasteiger partial charge in [0.25, 0.3) is 0 Å². The summed E-state index contributed by atoms with van der Waals surface area (Å²) in [6, 6.07) is 22.0. The van der Waals surface area contributed by atoms with Crippen molar-refractivity contribution in [2.75, 3.05) is 10.6 Å². The van der Waals surface area contributed by atoms with Crippen LogP contribution in [0.2, 0.25) is 0 Å². The van der Waals surface area contributed by atoms with Crippen LogP contribution >= 0.6 is 11.8 Å². The van der Waals surface area contributed by atoms with E-state index in [1.807, 2.05) is 30.3 Å². The molecule has 6 nitrogen and oxygen atoms in total. The van der Waals surface area contributed by atoms with E-state index in [1.165, 1.54) is 23.9 Å². The first-order chi connectivity index (χ1) is 15.4. The molecule has 164 valence electrons. The molecule has 0 saturated heterocycles. The third kappa shape index (κ3) is 6.68. The molecule has 3 rings (SSSR count). The van der Waals surface area contributed by atoms with Crippen LogP contribution in [-0.2, 0) is 14.4 Å². The molecule has 1 unspecified atom stereocenters. The highest BCUT2D eigenvalue weighted by Crippen LogP contribution is 2.37. The number of carbonyl (C=O) groups excluding carboxylic acids is 2. The second kappa shape index (κ2) is 11.1. The third-order valence-electron chi connectivity index (χ3n) is 4.43. The molecule has 0 heterocycles. The summed E-state index contributed by atoms with van der Waals surface area (Å²) in [5.41, 5.74) is 1.40. The third-order valence-corrected chi connectivity index (χ3v) is 5.70. The average molecular weight is 453 g/mol. The number of thioether (sulfide) groups is 1. The highest BCUT2D eigenvalue weighted by Gasteiger charge is 2.23. The minimum absolute atomic E-state index is 0.110. The second-order valence-electron chi connectivity index (χ2n) is 6.84. The molecule has 0 aliphatic heterocycles. The van der Waals surface area contributed by atoms with Crippen molar-refractivity contribution in [1.29, 1.82) is 0 Å². The van der Waals surface area contributed by atoms with Crippen molar-refractivity contribution < 1.29 is 23.9 Å². The molecule has 1 atom stereocenters. The van der Waals surface area contributed by atoms with Gasteiger partial charge in [0, 0.05) is 17.0 Å². The smallest absolute Gasteiger partial charge is 0.303 e. The van der Waals surface area contributed by atoms with Crippen LogP contribution in [0.25, 0.3) is 0 Å². The highest BCUT2D eigenvalue weighted by molar-refractivity contribution is 8.00. The van der Waals surface area contributed by atoms with E-state index in [0.29, 0.717) is 5.69 Å². The van der Waals surface area contributed by atoms with E-state index in [2.05, 4.69) is 10.6 Å². The van der Waals surface area contributed by atoms with Crippen molar-refractivity contribution in [3.8, 4) is 0 Å². The number of carboxylic acids is 1. The molecule has 0 aliphatic rings. The van der Waals surface area contributed by atoms with Crippen LogP contribution in [0.15, 0.2) is 83.8 Å². The lowest BCUT2D eigenvalue weighted by molar-refractivity contribution is -0.138. The lowest BCUT2D eigenvalue weighted by Crippen LogP contribution is -2.19. The van der Waals surface area contributed by atoms with Crippen molar-refractivity contribution in [3.05, 3.63) is 90.2 Å². The fraction of sp³-hybridized carbons (Fsp3) is 0.125. The number of amides is 2. The summed E-state index contributed by atoms with van der Waals surface area (Å²) >= 11 is 1.29. The molecule has 0 aliphatic carbocycles. The summed E-state index contributed by atoms with van der Waals surface area (Å²) < 4.78 is 14.0. The monoisotopic (exact) mass is 452 g/mol. The quantitative estimate of drug-likeness (QED) is 0.393. The van der Waals surface area contributed by atoms with Crippen LogP contribution in [0.4, 0.5) is 15.8 Å². The summed E-state index contributed by atoms with van der Waals surface area (Å²) in [4.78, 5) is 36.1. The maximum absolute atomic E-state index is 14.0. The molecule has 2 amide bonds. The Kier molecular flexibility index (Phi) is 7.99. The Morgan fingerprint density at radius 3 is 2.16 bits per heavy atom. The van der Waals surface area contributed by atoms with E-state index in [4.69, 9.17) is 5.11 Å². The number of halogens is 1. The average Bonchev–Trinajstić information content (AvgIpc) is 2.79. The molecule has 0 fully saturated rings. The van der Waals surface area contributed by atoms with Crippen LogP contribution < -0.4 is 10.6 Å². The van der Waals surface area contributed by atoms with Gasteiger partial charge in [0.2, 0.25) is 11.8 Å². The van der Waals surface area contributed by atoms with Crippen LogP contribution in [0.3, 0.4) is 0 Å². The zero-order valence-corrected chi connectivity index (χ0v) is 17.8. The number of hydrogen-bond donors (Lipinski definition) is 3. The van der Waals surface area contributed by atoms with Gasteiger partial charge in [-0.2, -0.15) is 0 Å². The van der Waals surface area contributed by atoms with E-state index in [0.717, 1.165) is 10.5 Å². The van der Waals surface area contributed by atoms with Crippen molar-refractivity contribution >= 4 is 40.9 Å². The number of hydrogen-bond acceptors (Lipinski definition) is 4. The molecule has 0 bridgehead atoms. The van der Waals surface area contributed by atoms with Gasteiger partial charge in [-0.3, -0.25) is 14.4 Å². The number of aliphatic carboxylic acids is 1. The normalized spacial score (nSPS) is 11.4. The number of anilines is 2. The van der Waals surface area contributed by atoms with Crippen LogP contribution in [0.5, 0.6) is 0 Å². The summed E-state index contributed by atoms with van der Waals surface area (Å²) in [6.45, 7) is 0. The van der Waals surface area contributed by atoms with Crippen molar-refractivity contribution in [3.63, 3.8) is 0 Å². The molecule has 0 saturated carbocycles. The van der Waals surface area contributed by atoms with Gasteiger partial charge >= 0.3 is 5.97 Å². The number of para-hydroxylation sites is 1. The van der Waals surface area contributed by atoms with E-state index in [9.17, 15) is 18.8 Å². The number of nitrogens with one attached hydrogen (secondary N) is 2. The van der Waals surface area contributed by atoms with Gasteiger partial charge in [-0.1, -0.05) is 42.5 Å². The summed E-state index contributed by atoms with van der Waals surface area (Å²) in [6.07, 6.45) is -0.353. The Morgan fingerprint density at radius 2 is 1.50 bits per heavy atom. The predicted molar refractivity (Wildman–Crippen MR) is 122 cm³/mol. The van der Waals surface area contributed by atoms with E-state index < -0.39 is 17.0 Å². The predicted octanol–water partition coefficient (Wildman–Crippen LogP) is 5.10. The molecule has 0 spiro atoms. The number of rotatable bonds is 9. The lowest BCUT2D eigenvalue weighted by atomic mass is 10.1. The van der Waals surface area contributed by atoms with E-state index in [1.54, 1.807) is 36.4 Å². The molecule has 3 aromatic rings. The molecule has 3 N–H and O–H groups in total. The number of carbonyl (C=O) groups is 3. The van der Waals surface area contributed by atoms with Gasteiger partial charge in [-0.25, -0.2) is 4.39 Å². The number of carboxylic acid groups (broad SMARTS) is 1. The fourth-order valence-electron chi connectivity index (χ4n) is 2.86. The first-order valence-electron chi connectivity index (χ1n) is 9.81. The van der Waals surface area contributed by atoms with Crippen LogP contribution in [0, 0.1) is 5.82 Å². The Bertz CT molecular complexity index is 1090. The Labute approximate surface area is 188 Å². The van der Waals surface area contributed by atoms with Gasteiger partial charge < -0.3 is 15.7 Å². The first kappa shape index (κ1) is 23.0. The Morgan fingerprint density at radius 1 is 0.844 bits per heavy atom. The molecule has 0 aromatic heterocycles. The maximum Gasteiger partial charge on any atom is 0.303 e. The van der Waals surface area contributed by atoms with Gasteiger partial charge in [0.05, 0.1) is 12.1 Å². The van der Waals surface area contributed by atoms with E-state index >= 15 is 0 Å². The molecule has 3 aromatic carbocycles. The Balaban J connectivity index is 1.72. The Hall–Kier alpha value is -3.65.